The predicted molar refractivity (Wildman–Crippen MR) is 104 cm³/mol. The number of fused-ring (bicyclic) bond motifs is 5. The summed E-state index contributed by atoms with van der Waals surface area (Å²) in [5, 5.41) is 32.7. The second-order valence-corrected chi connectivity index (χ2v) is 10.5. The van der Waals surface area contributed by atoms with E-state index in [1.807, 2.05) is 19.9 Å². The molecule has 3 N–H and O–H groups in total. The van der Waals surface area contributed by atoms with E-state index in [1.54, 1.807) is 12.2 Å². The molecule has 0 saturated heterocycles. The van der Waals surface area contributed by atoms with Gasteiger partial charge in [0.2, 0.25) is 0 Å². The molecule has 9 unspecified atom stereocenters. The molecule has 4 aliphatic rings. The van der Waals surface area contributed by atoms with Crippen molar-refractivity contribution in [2.45, 2.75) is 65.6 Å². The maximum absolute atomic E-state index is 12.1. The van der Waals surface area contributed by atoms with E-state index in [9.17, 15) is 24.9 Å². The first kappa shape index (κ1) is 19.8. The third-order valence-electron chi connectivity index (χ3n) is 9.64. The number of hydrogen-bond acceptors (Lipinski definition) is 4. The molecular weight excluding hydrogens is 356 g/mol. The molecule has 3 saturated carbocycles. The molecule has 0 bridgehead atoms. The smallest absolute Gasteiger partial charge is 0.336 e. The Morgan fingerprint density at radius 2 is 1.79 bits per heavy atom. The molecule has 28 heavy (non-hydrogen) atoms. The lowest BCUT2D eigenvalue weighted by atomic mass is 9.38. The fraction of sp³-hybridized carbons (Fsp3) is 0.739. The highest BCUT2D eigenvalue weighted by atomic mass is 16.4. The molecule has 3 fully saturated rings. The van der Waals surface area contributed by atoms with Gasteiger partial charge in [0.25, 0.3) is 0 Å². The average Bonchev–Trinajstić information content (AvgIpc) is 2.81. The van der Waals surface area contributed by atoms with E-state index in [1.165, 1.54) is 0 Å². The van der Waals surface area contributed by atoms with Crippen molar-refractivity contribution < 1.29 is 24.9 Å². The number of carbonyl (C=O) groups excluding carboxylic acids is 1. The summed E-state index contributed by atoms with van der Waals surface area (Å²) in [5.41, 5.74) is -2.62. The average molecular weight is 389 g/mol. The summed E-state index contributed by atoms with van der Waals surface area (Å²) in [6, 6.07) is 0. The van der Waals surface area contributed by atoms with Crippen molar-refractivity contribution in [1.29, 1.82) is 0 Å². The van der Waals surface area contributed by atoms with Gasteiger partial charge in [-0.3, -0.25) is 4.79 Å². The molecule has 154 valence electrons. The number of ketones is 1. The summed E-state index contributed by atoms with van der Waals surface area (Å²) in [4.78, 5) is 24.2. The normalized spacial score (nSPS) is 55.2. The molecular formula is C23H32O5. The molecule has 0 aromatic carbocycles. The van der Waals surface area contributed by atoms with E-state index in [0.29, 0.717) is 6.42 Å². The topological polar surface area (TPSA) is 94.8 Å². The van der Waals surface area contributed by atoms with Crippen LogP contribution < -0.4 is 0 Å². The van der Waals surface area contributed by atoms with Gasteiger partial charge in [-0.15, -0.1) is 0 Å². The van der Waals surface area contributed by atoms with Crippen molar-refractivity contribution in [2.75, 3.05) is 0 Å². The van der Waals surface area contributed by atoms with Crippen LogP contribution in [0.15, 0.2) is 23.8 Å². The van der Waals surface area contributed by atoms with Crippen molar-refractivity contribution in [3.8, 4) is 0 Å². The van der Waals surface area contributed by atoms with Crippen molar-refractivity contribution in [1.82, 2.24) is 0 Å². The minimum absolute atomic E-state index is 0.00357. The zero-order chi connectivity index (χ0) is 20.9. The van der Waals surface area contributed by atoms with Gasteiger partial charge < -0.3 is 15.3 Å². The minimum Gasteiger partial charge on any atom is -0.479 e. The van der Waals surface area contributed by atoms with Gasteiger partial charge in [-0.2, -0.15) is 0 Å². The van der Waals surface area contributed by atoms with Gasteiger partial charge in [-0.1, -0.05) is 46.3 Å². The number of carboxylic acids is 1. The van der Waals surface area contributed by atoms with E-state index < -0.39 is 33.9 Å². The molecule has 4 rings (SSSR count). The molecule has 0 heterocycles. The predicted octanol–water partition coefficient (Wildman–Crippen LogP) is 2.96. The summed E-state index contributed by atoms with van der Waals surface area (Å²) in [6.07, 6.45) is 6.20. The van der Waals surface area contributed by atoms with Gasteiger partial charge >= 0.3 is 5.97 Å². The first-order valence-electron chi connectivity index (χ1n) is 10.4. The van der Waals surface area contributed by atoms with Gasteiger partial charge in [-0.05, 0) is 55.1 Å². The maximum atomic E-state index is 12.1. The van der Waals surface area contributed by atoms with Crippen LogP contribution in [0, 0.1) is 39.9 Å². The molecule has 4 aliphatic carbocycles. The summed E-state index contributed by atoms with van der Waals surface area (Å²) in [6.45, 7) is 10.0. The van der Waals surface area contributed by atoms with Crippen LogP contribution in [0.25, 0.3) is 0 Å². The van der Waals surface area contributed by atoms with Gasteiger partial charge in [0.15, 0.2) is 11.4 Å². The molecule has 5 nitrogen and oxygen atoms in total. The van der Waals surface area contributed by atoms with Crippen LogP contribution in [-0.4, -0.2) is 38.8 Å². The van der Waals surface area contributed by atoms with E-state index >= 15 is 0 Å². The zero-order valence-corrected chi connectivity index (χ0v) is 17.4. The number of carboxylic acid groups (broad SMARTS) is 1. The summed E-state index contributed by atoms with van der Waals surface area (Å²) in [5.74, 6) is -1.33. The van der Waals surface area contributed by atoms with Crippen molar-refractivity contribution in [3.05, 3.63) is 23.8 Å². The standard InChI is InChI=1S/C23H32O5/c1-12-8-17-16-9-13(2)23(28,19(26)27)21(16,4)11-18(25)22(17,5)20(3)7-6-14(24)10-15(12)20/h6-7,10,12-13,16-18,25,28H,8-9,11H2,1-5H3,(H,26,27). The molecule has 0 aliphatic heterocycles. The van der Waals surface area contributed by atoms with Crippen LogP contribution in [0.2, 0.25) is 0 Å². The molecule has 0 aromatic rings. The van der Waals surface area contributed by atoms with E-state index in [-0.39, 0.29) is 35.9 Å². The number of aliphatic carboxylic acids is 1. The van der Waals surface area contributed by atoms with Crippen LogP contribution >= 0.6 is 0 Å². The second-order valence-electron chi connectivity index (χ2n) is 10.5. The lowest BCUT2D eigenvalue weighted by molar-refractivity contribution is -0.219. The van der Waals surface area contributed by atoms with E-state index in [4.69, 9.17) is 0 Å². The minimum atomic E-state index is -1.83. The molecule has 0 aromatic heterocycles. The Balaban J connectivity index is 1.88. The maximum Gasteiger partial charge on any atom is 0.336 e. The molecule has 0 spiro atoms. The first-order chi connectivity index (χ1) is 12.8. The third-order valence-corrected chi connectivity index (χ3v) is 9.64. The van der Waals surface area contributed by atoms with Gasteiger partial charge in [0, 0.05) is 16.2 Å². The molecule has 5 heteroatoms. The van der Waals surface area contributed by atoms with Crippen molar-refractivity contribution >= 4 is 11.8 Å². The summed E-state index contributed by atoms with van der Waals surface area (Å²) < 4.78 is 0. The Hall–Kier alpha value is -1.46. The number of aliphatic hydroxyl groups is 2. The fourth-order valence-electron chi connectivity index (χ4n) is 7.80. The number of carbonyl (C=O) groups is 2. The Morgan fingerprint density at radius 1 is 1.14 bits per heavy atom. The van der Waals surface area contributed by atoms with Gasteiger partial charge in [0.1, 0.15) is 0 Å². The monoisotopic (exact) mass is 388 g/mol. The van der Waals surface area contributed by atoms with Crippen molar-refractivity contribution in [2.24, 2.45) is 39.9 Å². The van der Waals surface area contributed by atoms with Crippen LogP contribution in [0.5, 0.6) is 0 Å². The van der Waals surface area contributed by atoms with Crippen molar-refractivity contribution in [3.63, 3.8) is 0 Å². The number of rotatable bonds is 1. The molecule has 0 amide bonds. The SMILES string of the molecule is CC1CC2C3CC(C)C(O)(C(=O)O)C3(C)CC(O)C2(C)C2(C)C=CC(=O)C=C12. The van der Waals surface area contributed by atoms with E-state index in [0.717, 1.165) is 12.0 Å². The third kappa shape index (κ3) is 1.95. The number of aliphatic hydroxyl groups excluding tert-OH is 1. The lowest BCUT2D eigenvalue weighted by Gasteiger charge is -2.66. The number of hydrogen-bond donors (Lipinski definition) is 3. The first-order valence-corrected chi connectivity index (χ1v) is 10.4. The van der Waals surface area contributed by atoms with Crippen LogP contribution in [0.1, 0.15) is 53.9 Å². The van der Waals surface area contributed by atoms with E-state index in [2.05, 4.69) is 20.8 Å². The molecule has 9 atom stereocenters. The summed E-state index contributed by atoms with van der Waals surface area (Å²) >= 11 is 0. The zero-order valence-electron chi connectivity index (χ0n) is 17.4. The second kappa shape index (κ2) is 5.57. The Morgan fingerprint density at radius 3 is 2.39 bits per heavy atom. The van der Waals surface area contributed by atoms with Gasteiger partial charge in [0.05, 0.1) is 6.10 Å². The quantitative estimate of drug-likeness (QED) is 0.642. The number of allylic oxidation sites excluding steroid dienone is 4. The highest BCUT2D eigenvalue weighted by molar-refractivity contribution is 6.01. The Labute approximate surface area is 166 Å². The van der Waals surface area contributed by atoms with Gasteiger partial charge in [-0.25, -0.2) is 4.79 Å². The lowest BCUT2D eigenvalue weighted by Crippen LogP contribution is -2.67. The Kier molecular flexibility index (Phi) is 3.95. The largest absolute Gasteiger partial charge is 0.479 e. The fourth-order valence-corrected chi connectivity index (χ4v) is 7.80. The summed E-state index contributed by atoms with van der Waals surface area (Å²) in [7, 11) is 0. The highest BCUT2D eigenvalue weighted by Gasteiger charge is 2.74. The van der Waals surface area contributed by atoms with Crippen LogP contribution in [0.4, 0.5) is 0 Å². The van der Waals surface area contributed by atoms with Crippen LogP contribution in [0.3, 0.4) is 0 Å². The highest BCUT2D eigenvalue weighted by Crippen LogP contribution is 2.73. The molecule has 0 radical (unpaired) electrons. The Bertz CT molecular complexity index is 814. The van der Waals surface area contributed by atoms with Crippen LogP contribution in [-0.2, 0) is 9.59 Å².